The van der Waals surface area contributed by atoms with Gasteiger partial charge in [0.1, 0.15) is 0 Å². The van der Waals surface area contributed by atoms with Gasteiger partial charge in [0.05, 0.1) is 5.02 Å². The number of carbonyl (C=O) groups is 1. The summed E-state index contributed by atoms with van der Waals surface area (Å²) in [6, 6.07) is 5.43. The van der Waals surface area contributed by atoms with Crippen LogP contribution in [0.1, 0.15) is 50.9 Å². The van der Waals surface area contributed by atoms with Gasteiger partial charge in [-0.15, -0.1) is 0 Å². The van der Waals surface area contributed by atoms with Crippen LogP contribution in [0.25, 0.3) is 0 Å². The van der Waals surface area contributed by atoms with E-state index in [0.29, 0.717) is 10.6 Å². The molecule has 0 atom stereocenters. The summed E-state index contributed by atoms with van der Waals surface area (Å²) in [5, 5.41) is 7.30. The Morgan fingerprint density at radius 1 is 1.29 bits per heavy atom. The van der Waals surface area contributed by atoms with Gasteiger partial charge in [0, 0.05) is 27.2 Å². The average molecular weight is 374 g/mol. The maximum absolute atomic E-state index is 12.4. The minimum atomic E-state index is -0.0668. The fourth-order valence-corrected chi connectivity index (χ4v) is 3.76. The van der Waals surface area contributed by atoms with Crippen LogP contribution in [0.2, 0.25) is 5.02 Å². The lowest BCUT2D eigenvalue weighted by molar-refractivity contribution is 0.0873. The lowest BCUT2D eigenvalue weighted by Gasteiger charge is -2.46. The molecule has 0 radical (unpaired) electrons. The lowest BCUT2D eigenvalue weighted by Crippen LogP contribution is -2.62. The fourth-order valence-electron chi connectivity index (χ4n) is 3.33. The molecule has 1 amide bonds. The Morgan fingerprint density at radius 2 is 1.86 bits per heavy atom. The maximum atomic E-state index is 12.4. The van der Waals surface area contributed by atoms with E-state index in [1.807, 2.05) is 0 Å². The highest BCUT2D eigenvalue weighted by Crippen LogP contribution is 2.29. The van der Waals surface area contributed by atoms with Gasteiger partial charge in [-0.25, -0.2) is 0 Å². The zero-order valence-electron chi connectivity index (χ0n) is 12.9. The molecule has 2 N–H and O–H groups in total. The number of amides is 1. The molecule has 0 bridgehead atoms. The second-order valence-corrected chi connectivity index (χ2v) is 8.36. The number of rotatable bonds is 2. The van der Waals surface area contributed by atoms with E-state index in [1.54, 1.807) is 18.2 Å². The molecule has 1 aliphatic rings. The highest BCUT2D eigenvalue weighted by atomic mass is 79.9. The molecule has 5 heteroatoms. The van der Waals surface area contributed by atoms with Crippen LogP contribution in [0.5, 0.6) is 0 Å². The second-order valence-electron chi connectivity index (χ2n) is 7.10. The molecular formula is C16H22BrClN2O. The monoisotopic (exact) mass is 372 g/mol. The Kier molecular flexibility index (Phi) is 4.72. The Hall–Kier alpha value is -0.580. The zero-order chi connectivity index (χ0) is 15.8. The zero-order valence-corrected chi connectivity index (χ0v) is 15.2. The van der Waals surface area contributed by atoms with Gasteiger partial charge < -0.3 is 10.6 Å². The van der Waals surface area contributed by atoms with Crippen molar-refractivity contribution in [1.82, 2.24) is 10.6 Å². The van der Waals surface area contributed by atoms with E-state index < -0.39 is 0 Å². The Labute approximate surface area is 140 Å². The van der Waals surface area contributed by atoms with Crippen molar-refractivity contribution in [2.24, 2.45) is 0 Å². The molecule has 116 valence electrons. The van der Waals surface area contributed by atoms with Crippen molar-refractivity contribution in [2.45, 2.75) is 57.7 Å². The number of hydrogen-bond donors (Lipinski definition) is 2. The van der Waals surface area contributed by atoms with Gasteiger partial charge in [-0.1, -0.05) is 11.6 Å². The second kappa shape index (κ2) is 5.90. The van der Waals surface area contributed by atoms with Crippen LogP contribution in [-0.2, 0) is 0 Å². The summed E-state index contributed by atoms with van der Waals surface area (Å²) in [4.78, 5) is 12.4. The smallest absolute Gasteiger partial charge is 0.251 e. The highest BCUT2D eigenvalue weighted by molar-refractivity contribution is 9.10. The molecule has 1 fully saturated rings. The fraction of sp³-hybridized carbons (Fsp3) is 0.562. The van der Waals surface area contributed by atoms with E-state index >= 15 is 0 Å². The molecule has 1 aromatic carbocycles. The quantitative estimate of drug-likeness (QED) is 0.818. The number of piperidine rings is 1. The largest absolute Gasteiger partial charge is 0.349 e. The summed E-state index contributed by atoms with van der Waals surface area (Å²) in [5.41, 5.74) is 0.617. The van der Waals surface area contributed by atoms with Crippen molar-refractivity contribution < 1.29 is 4.79 Å². The van der Waals surface area contributed by atoms with Crippen LogP contribution in [0.3, 0.4) is 0 Å². The van der Waals surface area contributed by atoms with Crippen LogP contribution >= 0.6 is 27.5 Å². The van der Waals surface area contributed by atoms with Crippen molar-refractivity contribution in [3.05, 3.63) is 33.3 Å². The Morgan fingerprint density at radius 3 is 2.38 bits per heavy atom. The number of halogens is 2. The molecule has 1 saturated heterocycles. The number of hydrogen-bond acceptors (Lipinski definition) is 2. The van der Waals surface area contributed by atoms with Crippen molar-refractivity contribution in [1.29, 1.82) is 0 Å². The van der Waals surface area contributed by atoms with Crippen LogP contribution < -0.4 is 10.6 Å². The van der Waals surface area contributed by atoms with E-state index in [0.717, 1.165) is 17.3 Å². The Bertz CT molecular complexity index is 541. The molecule has 1 heterocycles. The molecular weight excluding hydrogens is 352 g/mol. The average Bonchev–Trinajstić information content (AvgIpc) is 2.28. The summed E-state index contributed by atoms with van der Waals surface area (Å²) >= 11 is 9.39. The SMILES string of the molecule is CC1(C)CC(NC(=O)c2ccc(Br)c(Cl)c2)CC(C)(C)N1. The molecule has 0 saturated carbocycles. The minimum absolute atomic E-state index is 0.0110. The van der Waals surface area contributed by atoms with E-state index in [2.05, 4.69) is 54.3 Å². The summed E-state index contributed by atoms with van der Waals surface area (Å²) < 4.78 is 0.796. The van der Waals surface area contributed by atoms with Crippen LogP contribution in [0.15, 0.2) is 22.7 Å². The van der Waals surface area contributed by atoms with Gasteiger partial charge in [-0.3, -0.25) is 4.79 Å². The molecule has 3 nitrogen and oxygen atoms in total. The summed E-state index contributed by atoms with van der Waals surface area (Å²) in [6.07, 6.45) is 1.82. The topological polar surface area (TPSA) is 41.1 Å². The molecule has 0 spiro atoms. The molecule has 2 rings (SSSR count). The lowest BCUT2D eigenvalue weighted by atomic mass is 9.79. The van der Waals surface area contributed by atoms with Gasteiger partial charge in [0.2, 0.25) is 0 Å². The van der Waals surface area contributed by atoms with Crippen molar-refractivity contribution in [3.63, 3.8) is 0 Å². The van der Waals surface area contributed by atoms with E-state index in [4.69, 9.17) is 11.6 Å². The molecule has 0 aromatic heterocycles. The first-order valence-electron chi connectivity index (χ1n) is 7.13. The predicted molar refractivity (Wildman–Crippen MR) is 90.9 cm³/mol. The van der Waals surface area contributed by atoms with E-state index in [1.165, 1.54) is 0 Å². The van der Waals surface area contributed by atoms with Gasteiger partial charge in [-0.2, -0.15) is 0 Å². The first kappa shape index (κ1) is 16.8. The van der Waals surface area contributed by atoms with Gasteiger partial charge in [0.25, 0.3) is 5.91 Å². The molecule has 0 aliphatic carbocycles. The first-order valence-corrected chi connectivity index (χ1v) is 8.30. The third kappa shape index (κ3) is 4.44. The number of nitrogens with one attached hydrogen (secondary N) is 2. The molecule has 21 heavy (non-hydrogen) atoms. The van der Waals surface area contributed by atoms with Gasteiger partial charge in [-0.05, 0) is 74.7 Å². The molecule has 1 aliphatic heterocycles. The van der Waals surface area contributed by atoms with E-state index in [-0.39, 0.29) is 23.0 Å². The standard InChI is InChI=1S/C16H22BrClN2O/c1-15(2)8-11(9-16(3,4)20-15)19-14(21)10-5-6-12(17)13(18)7-10/h5-7,11,20H,8-9H2,1-4H3,(H,19,21). The summed E-state index contributed by atoms with van der Waals surface area (Å²) in [7, 11) is 0. The summed E-state index contributed by atoms with van der Waals surface area (Å²) in [5.74, 6) is -0.0668. The van der Waals surface area contributed by atoms with E-state index in [9.17, 15) is 4.79 Å². The van der Waals surface area contributed by atoms with Crippen molar-refractivity contribution in [2.75, 3.05) is 0 Å². The van der Waals surface area contributed by atoms with Crippen LogP contribution in [0.4, 0.5) is 0 Å². The third-order valence-electron chi connectivity index (χ3n) is 3.71. The number of benzene rings is 1. The van der Waals surface area contributed by atoms with Gasteiger partial charge in [0.15, 0.2) is 0 Å². The third-order valence-corrected chi connectivity index (χ3v) is 4.94. The summed E-state index contributed by atoms with van der Waals surface area (Å²) in [6.45, 7) is 8.68. The van der Waals surface area contributed by atoms with Crippen molar-refractivity contribution in [3.8, 4) is 0 Å². The maximum Gasteiger partial charge on any atom is 0.251 e. The first-order chi connectivity index (χ1) is 9.58. The highest BCUT2D eigenvalue weighted by Gasteiger charge is 2.38. The van der Waals surface area contributed by atoms with Crippen LogP contribution in [0, 0.1) is 0 Å². The van der Waals surface area contributed by atoms with Crippen LogP contribution in [-0.4, -0.2) is 23.0 Å². The molecule has 0 unspecified atom stereocenters. The minimum Gasteiger partial charge on any atom is -0.349 e. The molecule has 1 aromatic rings. The number of carbonyl (C=O) groups excluding carboxylic acids is 1. The van der Waals surface area contributed by atoms with Gasteiger partial charge >= 0.3 is 0 Å². The predicted octanol–water partition coefficient (Wildman–Crippen LogP) is 4.14. The van der Waals surface area contributed by atoms with Crippen molar-refractivity contribution >= 4 is 33.4 Å². The normalized spacial score (nSPS) is 21.0. The Balaban J connectivity index is 2.10.